The Morgan fingerprint density at radius 3 is 2.71 bits per heavy atom. The van der Waals surface area contributed by atoms with E-state index >= 15 is 0 Å². The summed E-state index contributed by atoms with van der Waals surface area (Å²) in [6, 6.07) is 12.4. The van der Waals surface area contributed by atoms with E-state index in [1.54, 1.807) is 12.1 Å². The molecule has 7 heteroatoms. The summed E-state index contributed by atoms with van der Waals surface area (Å²) in [6.45, 7) is 0.393. The molecule has 4 N–H and O–H groups in total. The van der Waals surface area contributed by atoms with Gasteiger partial charge in [0.05, 0.1) is 5.02 Å². The molecule has 21 heavy (non-hydrogen) atoms. The van der Waals surface area contributed by atoms with Gasteiger partial charge in [0, 0.05) is 12.7 Å². The SMILES string of the molecule is N/C(=N\c1ncccc1Cl)NC(=O)NCc1ccccc1. The van der Waals surface area contributed by atoms with Crippen molar-refractivity contribution in [1.82, 2.24) is 15.6 Å². The van der Waals surface area contributed by atoms with Gasteiger partial charge in [0.2, 0.25) is 5.96 Å². The quantitative estimate of drug-likeness (QED) is 0.599. The van der Waals surface area contributed by atoms with Crippen LogP contribution in [-0.2, 0) is 6.54 Å². The Bertz CT molecular complexity index is 645. The molecule has 0 aliphatic heterocycles. The second-order valence-corrected chi connectivity index (χ2v) is 4.51. The van der Waals surface area contributed by atoms with E-state index in [0.29, 0.717) is 11.6 Å². The molecule has 2 rings (SSSR count). The van der Waals surface area contributed by atoms with Crippen molar-refractivity contribution in [2.75, 3.05) is 0 Å². The number of urea groups is 1. The summed E-state index contributed by atoms with van der Waals surface area (Å²) in [5.74, 6) is 0.168. The summed E-state index contributed by atoms with van der Waals surface area (Å²) in [7, 11) is 0. The number of guanidine groups is 1. The molecule has 108 valence electrons. The third kappa shape index (κ3) is 4.77. The first-order valence-electron chi connectivity index (χ1n) is 6.18. The fourth-order valence-corrected chi connectivity index (χ4v) is 1.70. The molecule has 1 aromatic heterocycles. The van der Waals surface area contributed by atoms with Crippen LogP contribution in [0.4, 0.5) is 10.6 Å². The van der Waals surface area contributed by atoms with Crippen LogP contribution in [0, 0.1) is 0 Å². The predicted molar refractivity (Wildman–Crippen MR) is 82.3 cm³/mol. The molecule has 2 aromatic rings. The number of pyridine rings is 1. The van der Waals surface area contributed by atoms with Crippen molar-refractivity contribution < 1.29 is 4.79 Å². The van der Waals surface area contributed by atoms with Crippen molar-refractivity contribution in [3.05, 3.63) is 59.2 Å². The van der Waals surface area contributed by atoms with Gasteiger partial charge in [0.1, 0.15) is 0 Å². The zero-order chi connectivity index (χ0) is 15.1. The molecule has 1 heterocycles. The highest BCUT2D eigenvalue weighted by Crippen LogP contribution is 2.19. The Morgan fingerprint density at radius 1 is 1.24 bits per heavy atom. The minimum absolute atomic E-state index is 0.0823. The van der Waals surface area contributed by atoms with Crippen molar-refractivity contribution in [3.8, 4) is 0 Å². The molecule has 0 saturated carbocycles. The predicted octanol–water partition coefficient (Wildman–Crippen LogP) is 2.18. The van der Waals surface area contributed by atoms with Gasteiger partial charge in [-0.2, -0.15) is 4.99 Å². The number of carbonyl (C=O) groups is 1. The molecule has 0 saturated heterocycles. The number of nitrogens with zero attached hydrogens (tertiary/aromatic N) is 2. The van der Waals surface area contributed by atoms with Crippen LogP contribution >= 0.6 is 11.6 Å². The molecule has 0 bridgehead atoms. The Balaban J connectivity index is 1.89. The molecule has 0 aliphatic rings. The average Bonchev–Trinajstić information content (AvgIpc) is 2.48. The molecule has 0 fully saturated rings. The van der Waals surface area contributed by atoms with E-state index in [4.69, 9.17) is 17.3 Å². The number of aromatic nitrogens is 1. The van der Waals surface area contributed by atoms with Crippen LogP contribution in [0.2, 0.25) is 5.02 Å². The first-order chi connectivity index (χ1) is 10.1. The van der Waals surface area contributed by atoms with E-state index in [-0.39, 0.29) is 11.8 Å². The molecule has 0 unspecified atom stereocenters. The number of rotatable bonds is 3. The summed E-state index contributed by atoms with van der Waals surface area (Å²) in [4.78, 5) is 19.5. The Labute approximate surface area is 127 Å². The fourth-order valence-electron chi connectivity index (χ4n) is 1.54. The lowest BCUT2D eigenvalue weighted by Gasteiger charge is -2.07. The summed E-state index contributed by atoms with van der Waals surface area (Å²) in [6.07, 6.45) is 1.54. The zero-order valence-electron chi connectivity index (χ0n) is 11.1. The van der Waals surface area contributed by atoms with Gasteiger partial charge in [0.15, 0.2) is 5.82 Å². The highest BCUT2D eigenvalue weighted by Gasteiger charge is 2.04. The first kappa shape index (κ1) is 14.8. The second-order valence-electron chi connectivity index (χ2n) is 4.10. The van der Waals surface area contributed by atoms with Crippen molar-refractivity contribution >= 4 is 29.4 Å². The lowest BCUT2D eigenvalue weighted by Crippen LogP contribution is -2.42. The van der Waals surface area contributed by atoms with Gasteiger partial charge in [-0.25, -0.2) is 9.78 Å². The van der Waals surface area contributed by atoms with Gasteiger partial charge >= 0.3 is 6.03 Å². The number of carbonyl (C=O) groups excluding carboxylic acids is 1. The Kier molecular flexibility index (Phi) is 5.11. The summed E-state index contributed by atoms with van der Waals surface area (Å²) < 4.78 is 0. The molecule has 6 nitrogen and oxygen atoms in total. The first-order valence-corrected chi connectivity index (χ1v) is 6.56. The lowest BCUT2D eigenvalue weighted by atomic mass is 10.2. The lowest BCUT2D eigenvalue weighted by molar-refractivity contribution is 0.245. The fraction of sp³-hybridized carbons (Fsp3) is 0.0714. The maximum atomic E-state index is 11.7. The summed E-state index contributed by atoms with van der Waals surface area (Å²) in [5.41, 5.74) is 6.61. The molecular formula is C14H14ClN5O. The third-order valence-electron chi connectivity index (χ3n) is 2.50. The van der Waals surface area contributed by atoms with Crippen molar-refractivity contribution in [3.63, 3.8) is 0 Å². The largest absolute Gasteiger partial charge is 0.369 e. The second kappa shape index (κ2) is 7.25. The maximum Gasteiger partial charge on any atom is 0.321 e. The molecule has 0 spiro atoms. The number of nitrogens with one attached hydrogen (secondary N) is 2. The smallest absolute Gasteiger partial charge is 0.321 e. The summed E-state index contributed by atoms with van der Waals surface area (Å²) in [5, 5.41) is 5.42. The van der Waals surface area contributed by atoms with Crippen LogP contribution in [0.25, 0.3) is 0 Å². The van der Waals surface area contributed by atoms with Crippen LogP contribution in [0.5, 0.6) is 0 Å². The van der Waals surface area contributed by atoms with Crippen LogP contribution < -0.4 is 16.4 Å². The molecule has 2 amide bonds. The van der Waals surface area contributed by atoms with E-state index < -0.39 is 6.03 Å². The topological polar surface area (TPSA) is 92.4 Å². The van der Waals surface area contributed by atoms with Crippen LogP contribution in [-0.4, -0.2) is 17.0 Å². The van der Waals surface area contributed by atoms with Gasteiger partial charge < -0.3 is 11.1 Å². The van der Waals surface area contributed by atoms with E-state index in [9.17, 15) is 4.79 Å². The minimum atomic E-state index is -0.452. The zero-order valence-corrected chi connectivity index (χ0v) is 11.8. The number of halogens is 1. The van der Waals surface area contributed by atoms with Gasteiger partial charge in [-0.1, -0.05) is 41.9 Å². The highest BCUT2D eigenvalue weighted by atomic mass is 35.5. The van der Waals surface area contributed by atoms with Gasteiger partial charge in [-0.15, -0.1) is 0 Å². The van der Waals surface area contributed by atoms with Crippen molar-refractivity contribution in [1.29, 1.82) is 0 Å². The van der Waals surface area contributed by atoms with Gasteiger partial charge in [-0.05, 0) is 17.7 Å². The molecule has 0 aliphatic carbocycles. The average molecular weight is 304 g/mol. The standard InChI is InChI=1S/C14H14ClN5O/c15-11-7-4-8-17-12(11)19-13(16)20-14(21)18-9-10-5-2-1-3-6-10/h1-8H,9H2,(H4,16,17,18,19,20,21). The van der Waals surface area contributed by atoms with Gasteiger partial charge in [-0.3, -0.25) is 5.32 Å². The van der Waals surface area contributed by atoms with Crippen LogP contribution in [0.15, 0.2) is 53.7 Å². The van der Waals surface area contributed by atoms with E-state index in [1.807, 2.05) is 30.3 Å². The number of aliphatic imine (C=N–C) groups is 1. The Hall–Kier alpha value is -2.60. The van der Waals surface area contributed by atoms with Crippen molar-refractivity contribution in [2.45, 2.75) is 6.54 Å². The molecule has 0 atom stereocenters. The van der Waals surface area contributed by atoms with Gasteiger partial charge in [0.25, 0.3) is 0 Å². The monoisotopic (exact) mass is 303 g/mol. The Morgan fingerprint density at radius 2 is 2.00 bits per heavy atom. The van der Waals surface area contributed by atoms with Crippen LogP contribution in [0.3, 0.4) is 0 Å². The summed E-state index contributed by atoms with van der Waals surface area (Å²) >= 11 is 5.89. The third-order valence-corrected chi connectivity index (χ3v) is 2.80. The number of hydrogen-bond acceptors (Lipinski definition) is 3. The number of benzene rings is 1. The maximum absolute atomic E-state index is 11.7. The van der Waals surface area contributed by atoms with E-state index in [0.717, 1.165) is 5.56 Å². The number of nitrogens with two attached hydrogens (primary N) is 1. The van der Waals surface area contributed by atoms with Crippen molar-refractivity contribution in [2.24, 2.45) is 10.7 Å². The minimum Gasteiger partial charge on any atom is -0.369 e. The molecule has 1 aromatic carbocycles. The molecule has 0 radical (unpaired) electrons. The molecular weight excluding hydrogens is 290 g/mol. The van der Waals surface area contributed by atoms with Crippen LogP contribution in [0.1, 0.15) is 5.56 Å². The van der Waals surface area contributed by atoms with E-state index in [2.05, 4.69) is 20.6 Å². The number of hydrogen-bond donors (Lipinski definition) is 3. The number of amides is 2. The highest BCUT2D eigenvalue weighted by molar-refractivity contribution is 6.32. The normalized spacial score (nSPS) is 11.0. The van der Waals surface area contributed by atoms with E-state index in [1.165, 1.54) is 6.20 Å².